The number of nitriles is 1. The van der Waals surface area contributed by atoms with E-state index >= 15 is 0 Å². The van der Waals surface area contributed by atoms with Gasteiger partial charge in [0.25, 0.3) is 0 Å². The smallest absolute Gasteiger partial charge is 0.237 e. The second-order valence-corrected chi connectivity index (χ2v) is 5.68. The fourth-order valence-electron chi connectivity index (χ4n) is 2.09. The number of methoxy groups -OCH3 is 1. The van der Waals surface area contributed by atoms with Gasteiger partial charge in [-0.15, -0.1) is 0 Å². The minimum Gasteiger partial charge on any atom is -0.495 e. The minimum absolute atomic E-state index is 0.0854. The average Bonchev–Trinajstić information content (AvgIpc) is 2.98. The van der Waals surface area contributed by atoms with Crippen LogP contribution < -0.4 is 9.64 Å². The zero-order valence-electron chi connectivity index (χ0n) is 13.1. The molecule has 1 aromatic carbocycles. The number of aryl methyl sites for hydroxylation is 1. The first-order chi connectivity index (χ1) is 11.2. The number of amides is 1. The van der Waals surface area contributed by atoms with E-state index in [2.05, 4.69) is 11.1 Å². The van der Waals surface area contributed by atoms with Crippen LogP contribution in [0.1, 0.15) is 6.42 Å². The van der Waals surface area contributed by atoms with Crippen LogP contribution >= 0.6 is 11.8 Å². The second kappa shape index (κ2) is 8.25. The normalized spacial score (nSPS) is 10.1. The molecule has 0 atom stereocenters. The highest BCUT2D eigenvalue weighted by Crippen LogP contribution is 2.29. The SMILES string of the molecule is COc1ccccc1N(CCC#N)C(=O)CSc1nccn1C. The summed E-state index contributed by atoms with van der Waals surface area (Å²) in [4.78, 5) is 18.4. The molecule has 0 saturated heterocycles. The number of para-hydroxylation sites is 2. The molecule has 1 aromatic heterocycles. The number of imidazole rings is 1. The van der Waals surface area contributed by atoms with E-state index in [1.807, 2.05) is 36.0 Å². The van der Waals surface area contributed by atoms with Gasteiger partial charge in [-0.3, -0.25) is 4.79 Å². The highest BCUT2D eigenvalue weighted by Gasteiger charge is 2.19. The van der Waals surface area contributed by atoms with Crippen molar-refractivity contribution in [2.75, 3.05) is 24.3 Å². The van der Waals surface area contributed by atoms with E-state index < -0.39 is 0 Å². The van der Waals surface area contributed by atoms with Gasteiger partial charge in [0.15, 0.2) is 5.16 Å². The predicted octanol–water partition coefficient (Wildman–Crippen LogP) is 2.47. The Morgan fingerprint density at radius 1 is 1.48 bits per heavy atom. The van der Waals surface area contributed by atoms with E-state index in [9.17, 15) is 4.79 Å². The number of rotatable bonds is 7. The molecule has 120 valence electrons. The fraction of sp³-hybridized carbons (Fsp3) is 0.312. The lowest BCUT2D eigenvalue weighted by atomic mass is 10.2. The van der Waals surface area contributed by atoms with Crippen molar-refractivity contribution >= 4 is 23.4 Å². The first-order valence-electron chi connectivity index (χ1n) is 7.07. The molecule has 7 heteroatoms. The summed E-state index contributed by atoms with van der Waals surface area (Å²) in [6.45, 7) is 0.330. The van der Waals surface area contributed by atoms with E-state index in [0.717, 1.165) is 5.16 Å². The maximum absolute atomic E-state index is 12.6. The van der Waals surface area contributed by atoms with Crippen LogP contribution in [0.2, 0.25) is 0 Å². The van der Waals surface area contributed by atoms with Crippen LogP contribution in [0.25, 0.3) is 0 Å². The number of nitrogens with zero attached hydrogens (tertiary/aromatic N) is 4. The molecular formula is C16H18N4O2S. The molecule has 0 aliphatic heterocycles. The number of carbonyl (C=O) groups is 1. The monoisotopic (exact) mass is 330 g/mol. The van der Waals surface area contributed by atoms with E-state index in [4.69, 9.17) is 10.00 Å². The molecule has 0 saturated carbocycles. The van der Waals surface area contributed by atoms with Gasteiger partial charge in [0, 0.05) is 26.0 Å². The Bertz CT molecular complexity index is 708. The van der Waals surface area contributed by atoms with Crippen molar-refractivity contribution in [2.24, 2.45) is 7.05 Å². The molecule has 2 rings (SSSR count). The lowest BCUT2D eigenvalue weighted by molar-refractivity contribution is -0.116. The number of thioether (sulfide) groups is 1. The summed E-state index contributed by atoms with van der Waals surface area (Å²) in [7, 11) is 3.45. The van der Waals surface area contributed by atoms with Crippen LogP contribution in [0.5, 0.6) is 5.75 Å². The largest absolute Gasteiger partial charge is 0.495 e. The van der Waals surface area contributed by atoms with Crippen molar-refractivity contribution in [3.05, 3.63) is 36.7 Å². The Hall–Kier alpha value is -2.46. The van der Waals surface area contributed by atoms with E-state index in [1.54, 1.807) is 24.3 Å². The molecule has 23 heavy (non-hydrogen) atoms. The molecule has 0 radical (unpaired) electrons. The van der Waals surface area contributed by atoms with Crippen molar-refractivity contribution in [1.29, 1.82) is 5.26 Å². The maximum atomic E-state index is 12.6. The summed E-state index contributed by atoms with van der Waals surface area (Å²) in [6.07, 6.45) is 3.79. The zero-order chi connectivity index (χ0) is 16.7. The van der Waals surface area contributed by atoms with Crippen molar-refractivity contribution in [3.8, 4) is 11.8 Å². The molecule has 0 N–H and O–H groups in total. The summed E-state index contributed by atoms with van der Waals surface area (Å²) in [6, 6.07) is 9.39. The lowest BCUT2D eigenvalue weighted by Crippen LogP contribution is -2.33. The average molecular weight is 330 g/mol. The second-order valence-electron chi connectivity index (χ2n) is 4.73. The molecule has 0 fully saturated rings. The molecule has 0 spiro atoms. The maximum Gasteiger partial charge on any atom is 0.237 e. The third kappa shape index (κ3) is 4.27. The van der Waals surface area contributed by atoms with Gasteiger partial charge in [-0.2, -0.15) is 5.26 Å². The number of ether oxygens (including phenoxy) is 1. The number of hydrogen-bond acceptors (Lipinski definition) is 5. The zero-order valence-corrected chi connectivity index (χ0v) is 13.9. The van der Waals surface area contributed by atoms with Crippen LogP contribution in [0.4, 0.5) is 5.69 Å². The van der Waals surface area contributed by atoms with Crippen molar-refractivity contribution in [3.63, 3.8) is 0 Å². The van der Waals surface area contributed by atoms with Gasteiger partial charge in [0.05, 0.1) is 31.0 Å². The number of anilines is 1. The Labute approximate surface area is 139 Å². The van der Waals surface area contributed by atoms with Crippen LogP contribution in [0.3, 0.4) is 0 Å². The van der Waals surface area contributed by atoms with Gasteiger partial charge >= 0.3 is 0 Å². The summed E-state index contributed by atoms with van der Waals surface area (Å²) in [5, 5.41) is 9.63. The Morgan fingerprint density at radius 2 is 2.26 bits per heavy atom. The van der Waals surface area contributed by atoms with E-state index in [0.29, 0.717) is 18.0 Å². The molecule has 2 aromatic rings. The Morgan fingerprint density at radius 3 is 2.91 bits per heavy atom. The summed E-state index contributed by atoms with van der Waals surface area (Å²) < 4.78 is 7.19. The molecule has 0 unspecified atom stereocenters. The number of hydrogen-bond donors (Lipinski definition) is 0. The van der Waals surface area contributed by atoms with Gasteiger partial charge in [-0.25, -0.2) is 4.98 Å². The summed E-state index contributed by atoms with van der Waals surface area (Å²) >= 11 is 1.37. The highest BCUT2D eigenvalue weighted by molar-refractivity contribution is 7.99. The fourth-order valence-corrected chi connectivity index (χ4v) is 2.90. The van der Waals surface area contributed by atoms with Gasteiger partial charge in [-0.05, 0) is 12.1 Å². The number of aromatic nitrogens is 2. The number of benzene rings is 1. The minimum atomic E-state index is -0.0854. The van der Waals surface area contributed by atoms with Gasteiger partial charge < -0.3 is 14.2 Å². The molecular weight excluding hydrogens is 312 g/mol. The number of carbonyl (C=O) groups excluding carboxylic acids is 1. The molecule has 1 amide bonds. The Balaban J connectivity index is 2.15. The quantitative estimate of drug-likeness (QED) is 0.729. The van der Waals surface area contributed by atoms with Crippen molar-refractivity contribution in [2.45, 2.75) is 11.6 Å². The van der Waals surface area contributed by atoms with Gasteiger partial charge in [0.1, 0.15) is 5.75 Å². The van der Waals surface area contributed by atoms with Crippen LogP contribution in [0, 0.1) is 11.3 Å². The topological polar surface area (TPSA) is 71.2 Å². The van der Waals surface area contributed by atoms with Gasteiger partial charge in [-0.1, -0.05) is 23.9 Å². The van der Waals surface area contributed by atoms with Crippen LogP contribution in [-0.4, -0.2) is 34.9 Å². The lowest BCUT2D eigenvalue weighted by Gasteiger charge is -2.23. The summed E-state index contributed by atoms with van der Waals surface area (Å²) in [5.74, 6) is 0.771. The molecule has 0 bridgehead atoms. The third-order valence-corrected chi connectivity index (χ3v) is 4.27. The molecule has 1 heterocycles. The first-order valence-corrected chi connectivity index (χ1v) is 8.06. The predicted molar refractivity (Wildman–Crippen MR) is 89.5 cm³/mol. The molecule has 0 aliphatic carbocycles. The highest BCUT2D eigenvalue weighted by atomic mass is 32.2. The molecule has 6 nitrogen and oxygen atoms in total. The van der Waals surface area contributed by atoms with Crippen molar-refractivity contribution < 1.29 is 9.53 Å². The Kier molecular flexibility index (Phi) is 6.06. The van der Waals surface area contributed by atoms with Crippen LogP contribution in [0.15, 0.2) is 41.8 Å². The van der Waals surface area contributed by atoms with Gasteiger partial charge in [0.2, 0.25) is 5.91 Å². The van der Waals surface area contributed by atoms with E-state index in [-0.39, 0.29) is 18.1 Å². The third-order valence-electron chi connectivity index (χ3n) is 3.23. The van der Waals surface area contributed by atoms with Crippen LogP contribution in [-0.2, 0) is 11.8 Å². The standard InChI is InChI=1S/C16H18N4O2S/c1-19-11-9-18-16(19)23-12-15(21)20(10-5-8-17)13-6-3-4-7-14(13)22-2/h3-4,6-7,9,11H,5,10,12H2,1-2H3. The first kappa shape index (κ1) is 16.9. The summed E-state index contributed by atoms with van der Waals surface area (Å²) in [5.41, 5.74) is 0.677. The van der Waals surface area contributed by atoms with E-state index in [1.165, 1.54) is 11.8 Å². The molecule has 0 aliphatic rings. The van der Waals surface area contributed by atoms with Crippen molar-refractivity contribution in [1.82, 2.24) is 9.55 Å².